The van der Waals surface area contributed by atoms with Gasteiger partial charge in [-0.1, -0.05) is 11.8 Å². The number of carboxylic acids is 1. The smallest absolute Gasteiger partial charge is 0.313 e. The molecule has 0 atom stereocenters. The van der Waals surface area contributed by atoms with E-state index in [2.05, 4.69) is 10.1 Å². The van der Waals surface area contributed by atoms with E-state index in [9.17, 15) is 4.79 Å². The molecule has 0 aliphatic rings. The third kappa shape index (κ3) is 3.88. The Labute approximate surface area is 91.3 Å². The molecule has 0 aliphatic carbocycles. The summed E-state index contributed by atoms with van der Waals surface area (Å²) in [5, 5.41) is 21.8. The summed E-state index contributed by atoms with van der Waals surface area (Å²) in [4.78, 5) is 14.5. The van der Waals surface area contributed by atoms with Gasteiger partial charge >= 0.3 is 5.97 Å². The Morgan fingerprint density at radius 2 is 2.33 bits per heavy atom. The van der Waals surface area contributed by atoms with Crippen LogP contribution in [0.4, 0.5) is 0 Å². The average molecular weight is 231 g/mol. The van der Waals surface area contributed by atoms with Crippen LogP contribution in [0.5, 0.6) is 0 Å². The highest BCUT2D eigenvalue weighted by atomic mass is 32.2. The molecule has 0 aliphatic heterocycles. The quantitative estimate of drug-likeness (QED) is 0.666. The SMILES string of the molecule is Cn1nc(CCCO)nc1SCC(=O)O. The molecular weight excluding hydrogens is 218 g/mol. The summed E-state index contributed by atoms with van der Waals surface area (Å²) in [6.07, 6.45) is 1.23. The first-order chi connectivity index (χ1) is 7.13. The Morgan fingerprint density at radius 1 is 1.60 bits per heavy atom. The molecular formula is C8H13N3O3S. The zero-order valence-electron chi connectivity index (χ0n) is 8.38. The number of aliphatic hydroxyl groups excluding tert-OH is 1. The van der Waals surface area contributed by atoms with Crippen molar-refractivity contribution in [2.75, 3.05) is 12.4 Å². The minimum Gasteiger partial charge on any atom is -0.481 e. The summed E-state index contributed by atoms with van der Waals surface area (Å²) in [6, 6.07) is 0. The van der Waals surface area contributed by atoms with Crippen molar-refractivity contribution in [1.29, 1.82) is 0 Å². The van der Waals surface area contributed by atoms with Crippen LogP contribution >= 0.6 is 11.8 Å². The maximum absolute atomic E-state index is 10.4. The second-order valence-electron chi connectivity index (χ2n) is 2.94. The minimum absolute atomic E-state index is 0.0219. The second-order valence-corrected chi connectivity index (χ2v) is 3.89. The molecule has 0 bridgehead atoms. The minimum atomic E-state index is -0.875. The molecule has 7 heteroatoms. The summed E-state index contributed by atoms with van der Waals surface area (Å²) in [5.41, 5.74) is 0. The molecule has 0 fully saturated rings. The molecule has 0 amide bonds. The number of aliphatic hydroxyl groups is 1. The number of hydrogen-bond donors (Lipinski definition) is 2. The van der Waals surface area contributed by atoms with Crippen molar-refractivity contribution >= 4 is 17.7 Å². The van der Waals surface area contributed by atoms with E-state index >= 15 is 0 Å². The molecule has 2 N–H and O–H groups in total. The van der Waals surface area contributed by atoms with Gasteiger partial charge in [-0.3, -0.25) is 4.79 Å². The maximum Gasteiger partial charge on any atom is 0.313 e. The van der Waals surface area contributed by atoms with Gasteiger partial charge in [0.05, 0.1) is 5.75 Å². The summed E-state index contributed by atoms with van der Waals surface area (Å²) in [7, 11) is 1.72. The Kier molecular flexibility index (Phi) is 4.57. The van der Waals surface area contributed by atoms with Gasteiger partial charge in [-0.05, 0) is 6.42 Å². The van der Waals surface area contributed by atoms with Crippen LogP contribution in [-0.4, -0.2) is 43.3 Å². The Hall–Kier alpha value is -1.08. The fourth-order valence-corrected chi connectivity index (χ4v) is 1.67. The van der Waals surface area contributed by atoms with Crippen LogP contribution in [0.1, 0.15) is 12.2 Å². The van der Waals surface area contributed by atoms with Crippen molar-refractivity contribution in [3.8, 4) is 0 Å². The number of aromatic nitrogens is 3. The molecule has 1 heterocycles. The lowest BCUT2D eigenvalue weighted by Gasteiger charge is -1.94. The first kappa shape index (κ1) is 12.0. The summed E-state index contributed by atoms with van der Waals surface area (Å²) < 4.78 is 1.56. The van der Waals surface area contributed by atoms with Crippen molar-refractivity contribution in [2.45, 2.75) is 18.0 Å². The highest BCUT2D eigenvalue weighted by molar-refractivity contribution is 7.99. The van der Waals surface area contributed by atoms with Gasteiger partial charge in [0, 0.05) is 20.1 Å². The molecule has 0 saturated heterocycles. The van der Waals surface area contributed by atoms with Crippen molar-refractivity contribution < 1.29 is 15.0 Å². The largest absolute Gasteiger partial charge is 0.481 e. The van der Waals surface area contributed by atoms with Crippen molar-refractivity contribution in [2.24, 2.45) is 7.05 Å². The van der Waals surface area contributed by atoms with Gasteiger partial charge in [0.2, 0.25) is 0 Å². The standard InChI is InChI=1S/C8H13N3O3S/c1-11-8(15-5-7(13)14)9-6(10-11)3-2-4-12/h12H,2-5H2,1H3,(H,13,14). The van der Waals surface area contributed by atoms with Crippen molar-refractivity contribution in [1.82, 2.24) is 14.8 Å². The highest BCUT2D eigenvalue weighted by Gasteiger charge is 2.09. The van der Waals surface area contributed by atoms with E-state index in [0.29, 0.717) is 23.8 Å². The molecule has 1 aromatic heterocycles. The van der Waals surface area contributed by atoms with E-state index in [1.807, 2.05) is 0 Å². The van der Waals surface area contributed by atoms with Gasteiger partial charge in [0.25, 0.3) is 0 Å². The van der Waals surface area contributed by atoms with Gasteiger partial charge in [-0.25, -0.2) is 9.67 Å². The van der Waals surface area contributed by atoms with Crippen molar-refractivity contribution in [3.05, 3.63) is 5.82 Å². The van der Waals surface area contributed by atoms with Crippen LogP contribution in [0, 0.1) is 0 Å². The normalized spacial score (nSPS) is 10.5. The lowest BCUT2D eigenvalue weighted by molar-refractivity contribution is -0.133. The van der Waals surface area contributed by atoms with E-state index in [1.165, 1.54) is 0 Å². The molecule has 1 aromatic rings. The van der Waals surface area contributed by atoms with E-state index in [4.69, 9.17) is 10.2 Å². The zero-order chi connectivity index (χ0) is 11.3. The van der Waals surface area contributed by atoms with E-state index in [1.54, 1.807) is 11.7 Å². The number of aliphatic carboxylic acids is 1. The third-order valence-corrected chi connectivity index (χ3v) is 2.66. The number of nitrogens with zero attached hydrogens (tertiary/aromatic N) is 3. The molecule has 0 spiro atoms. The van der Waals surface area contributed by atoms with Crippen LogP contribution in [0.3, 0.4) is 0 Å². The Morgan fingerprint density at radius 3 is 2.93 bits per heavy atom. The van der Waals surface area contributed by atoms with Crippen LogP contribution < -0.4 is 0 Å². The molecule has 84 valence electrons. The summed E-state index contributed by atoms with van der Waals surface area (Å²) >= 11 is 1.14. The Balaban J connectivity index is 2.56. The van der Waals surface area contributed by atoms with E-state index < -0.39 is 5.97 Å². The molecule has 15 heavy (non-hydrogen) atoms. The lowest BCUT2D eigenvalue weighted by Crippen LogP contribution is -2.00. The predicted octanol–water partition coefficient (Wildman–Crippen LogP) is -0.0833. The monoisotopic (exact) mass is 231 g/mol. The number of carboxylic acid groups (broad SMARTS) is 1. The number of rotatable bonds is 6. The predicted molar refractivity (Wildman–Crippen MR) is 54.8 cm³/mol. The molecule has 0 unspecified atom stereocenters. The Bertz CT molecular complexity index is 340. The summed E-state index contributed by atoms with van der Waals surface area (Å²) in [5.74, 6) is -0.259. The van der Waals surface area contributed by atoms with E-state index in [-0.39, 0.29) is 12.4 Å². The number of thioether (sulfide) groups is 1. The number of aryl methyl sites for hydroxylation is 2. The molecule has 0 saturated carbocycles. The lowest BCUT2D eigenvalue weighted by atomic mass is 10.3. The third-order valence-electron chi connectivity index (χ3n) is 1.65. The number of carbonyl (C=O) groups is 1. The molecule has 6 nitrogen and oxygen atoms in total. The molecule has 1 rings (SSSR count). The zero-order valence-corrected chi connectivity index (χ0v) is 9.20. The topological polar surface area (TPSA) is 88.2 Å². The number of hydrogen-bond acceptors (Lipinski definition) is 5. The fraction of sp³-hybridized carbons (Fsp3) is 0.625. The van der Waals surface area contributed by atoms with Gasteiger partial charge in [-0.15, -0.1) is 0 Å². The van der Waals surface area contributed by atoms with Gasteiger partial charge in [0.1, 0.15) is 0 Å². The molecule has 0 aromatic carbocycles. The van der Waals surface area contributed by atoms with Crippen LogP contribution in [-0.2, 0) is 18.3 Å². The molecule has 0 radical (unpaired) electrons. The van der Waals surface area contributed by atoms with E-state index in [0.717, 1.165) is 11.8 Å². The maximum atomic E-state index is 10.4. The van der Waals surface area contributed by atoms with Gasteiger partial charge in [-0.2, -0.15) is 5.10 Å². The van der Waals surface area contributed by atoms with Crippen LogP contribution in [0.2, 0.25) is 0 Å². The van der Waals surface area contributed by atoms with Gasteiger partial charge in [0.15, 0.2) is 11.0 Å². The van der Waals surface area contributed by atoms with Crippen LogP contribution in [0.25, 0.3) is 0 Å². The average Bonchev–Trinajstić information content (AvgIpc) is 2.53. The van der Waals surface area contributed by atoms with Crippen molar-refractivity contribution in [3.63, 3.8) is 0 Å². The highest BCUT2D eigenvalue weighted by Crippen LogP contribution is 2.14. The second kappa shape index (κ2) is 5.72. The first-order valence-electron chi connectivity index (χ1n) is 4.49. The first-order valence-corrected chi connectivity index (χ1v) is 5.47. The fourth-order valence-electron chi connectivity index (χ4n) is 1.02. The van der Waals surface area contributed by atoms with Gasteiger partial charge < -0.3 is 10.2 Å². The summed E-state index contributed by atoms with van der Waals surface area (Å²) in [6.45, 7) is 0.107. The van der Waals surface area contributed by atoms with Crippen LogP contribution in [0.15, 0.2) is 5.16 Å².